The molecule has 0 rings (SSSR count). The average Bonchev–Trinajstić information content (AvgIpc) is 2.54. The molecule has 0 bridgehead atoms. The lowest BCUT2D eigenvalue weighted by Gasteiger charge is -2.44. The van der Waals surface area contributed by atoms with Crippen molar-refractivity contribution in [3.8, 4) is 12.3 Å². The van der Waals surface area contributed by atoms with Crippen molar-refractivity contribution in [1.29, 1.82) is 0 Å². The fraction of sp³-hybridized carbons (Fsp3) is 0.810. The summed E-state index contributed by atoms with van der Waals surface area (Å²) >= 11 is 0. The number of hydrogen-bond donors (Lipinski definition) is 2. The molecule has 0 aliphatic rings. The van der Waals surface area contributed by atoms with Crippen LogP contribution in [0.15, 0.2) is 11.6 Å². The molecule has 3 nitrogen and oxygen atoms in total. The second-order valence-corrected chi connectivity index (χ2v) is 13.7. The average molecular weight is 369 g/mol. The van der Waals surface area contributed by atoms with Gasteiger partial charge in [0.25, 0.3) is 0 Å². The SMILES string of the molecule is C#C/C(=C/[C@@H](C)[C@@H](O)[C@@H](C)[C@H](O[Si](C)(C)C(C)(C)C)[C@@H](C)CC)CO. The van der Waals surface area contributed by atoms with Crippen molar-refractivity contribution in [2.24, 2.45) is 17.8 Å². The van der Waals surface area contributed by atoms with Crippen molar-refractivity contribution in [3.63, 3.8) is 0 Å². The Morgan fingerprint density at radius 1 is 1.24 bits per heavy atom. The van der Waals surface area contributed by atoms with Gasteiger partial charge in [-0.2, -0.15) is 0 Å². The van der Waals surface area contributed by atoms with Crippen LogP contribution < -0.4 is 0 Å². The van der Waals surface area contributed by atoms with Crippen LogP contribution in [0.3, 0.4) is 0 Å². The largest absolute Gasteiger partial charge is 0.413 e. The fourth-order valence-corrected chi connectivity index (χ4v) is 4.21. The summed E-state index contributed by atoms with van der Waals surface area (Å²) in [5.41, 5.74) is 0.518. The Morgan fingerprint density at radius 2 is 1.76 bits per heavy atom. The third-order valence-electron chi connectivity index (χ3n) is 5.86. The van der Waals surface area contributed by atoms with Crippen LogP contribution in [0.2, 0.25) is 18.1 Å². The maximum atomic E-state index is 10.9. The molecular weight excluding hydrogens is 328 g/mol. The number of aliphatic hydroxyl groups excluding tert-OH is 2. The Kier molecular flexibility index (Phi) is 9.68. The first-order valence-electron chi connectivity index (χ1n) is 9.46. The van der Waals surface area contributed by atoms with Gasteiger partial charge < -0.3 is 14.6 Å². The Bertz CT molecular complexity index is 471. The fourth-order valence-electron chi connectivity index (χ4n) is 2.73. The minimum atomic E-state index is -1.94. The number of aliphatic hydroxyl groups is 2. The van der Waals surface area contributed by atoms with Gasteiger partial charge in [-0.3, -0.25) is 0 Å². The molecule has 4 heteroatoms. The normalized spacial score (nSPS) is 19.7. The zero-order valence-electron chi connectivity index (χ0n) is 17.8. The van der Waals surface area contributed by atoms with Crippen LogP contribution in [0, 0.1) is 30.1 Å². The zero-order chi connectivity index (χ0) is 20.0. The molecule has 0 aromatic heterocycles. The highest BCUT2D eigenvalue weighted by Crippen LogP contribution is 2.40. The molecule has 0 fully saturated rings. The Balaban J connectivity index is 5.48. The standard InChI is InChI=1S/C21H40O3Si/c1-11-15(3)20(24-25(9,10)21(6,7)8)17(5)19(23)16(4)13-18(12-2)14-22/h2,13,15-17,19-20,22-23H,11,14H2,1,3-10H3/b18-13-/t15-,16+,17+,19+,20+/m0/s1. The van der Waals surface area contributed by atoms with Crippen LogP contribution in [0.1, 0.15) is 54.9 Å². The van der Waals surface area contributed by atoms with Gasteiger partial charge in [-0.25, -0.2) is 0 Å². The van der Waals surface area contributed by atoms with Crippen molar-refractivity contribution in [2.75, 3.05) is 6.61 Å². The van der Waals surface area contributed by atoms with Crippen molar-refractivity contribution in [2.45, 2.75) is 85.2 Å². The van der Waals surface area contributed by atoms with Crippen LogP contribution in [-0.4, -0.2) is 37.3 Å². The second kappa shape index (κ2) is 9.92. The van der Waals surface area contributed by atoms with Gasteiger partial charge >= 0.3 is 0 Å². The third kappa shape index (κ3) is 6.90. The topological polar surface area (TPSA) is 49.7 Å². The Labute approximate surface area is 157 Å². The van der Waals surface area contributed by atoms with Gasteiger partial charge in [0.05, 0.1) is 18.8 Å². The van der Waals surface area contributed by atoms with E-state index in [1.54, 1.807) is 6.08 Å². The first-order valence-corrected chi connectivity index (χ1v) is 12.4. The monoisotopic (exact) mass is 368 g/mol. The van der Waals surface area contributed by atoms with E-state index in [4.69, 9.17) is 10.8 Å². The van der Waals surface area contributed by atoms with Crippen LogP contribution in [0.4, 0.5) is 0 Å². The van der Waals surface area contributed by atoms with Crippen molar-refractivity contribution >= 4 is 8.32 Å². The number of hydrogen-bond acceptors (Lipinski definition) is 3. The lowest BCUT2D eigenvalue weighted by molar-refractivity contribution is -0.0142. The predicted molar refractivity (Wildman–Crippen MR) is 110 cm³/mol. The van der Waals surface area contributed by atoms with E-state index in [9.17, 15) is 10.2 Å². The van der Waals surface area contributed by atoms with E-state index in [1.807, 2.05) is 6.92 Å². The lowest BCUT2D eigenvalue weighted by atomic mass is 9.83. The minimum Gasteiger partial charge on any atom is -0.413 e. The van der Waals surface area contributed by atoms with Gasteiger partial charge in [0.2, 0.25) is 0 Å². The van der Waals surface area contributed by atoms with Crippen molar-refractivity contribution in [3.05, 3.63) is 11.6 Å². The first kappa shape index (κ1) is 24.4. The van der Waals surface area contributed by atoms with Gasteiger partial charge in [-0.1, -0.05) is 66.9 Å². The summed E-state index contributed by atoms with van der Waals surface area (Å²) in [5, 5.41) is 20.3. The molecule has 0 aliphatic heterocycles. The molecule has 2 N–H and O–H groups in total. The molecule has 0 unspecified atom stereocenters. The predicted octanol–water partition coefficient (Wildman–Crippen LogP) is 4.61. The Morgan fingerprint density at radius 3 is 2.12 bits per heavy atom. The second-order valence-electron chi connectivity index (χ2n) is 8.93. The van der Waals surface area contributed by atoms with Gasteiger partial charge in [0.15, 0.2) is 8.32 Å². The van der Waals surface area contributed by atoms with E-state index in [1.165, 1.54) is 0 Å². The summed E-state index contributed by atoms with van der Waals surface area (Å²) in [4.78, 5) is 0. The van der Waals surface area contributed by atoms with Gasteiger partial charge in [0, 0.05) is 17.4 Å². The molecule has 0 spiro atoms. The van der Waals surface area contributed by atoms with Crippen LogP contribution in [0.5, 0.6) is 0 Å². The van der Waals surface area contributed by atoms with Crippen molar-refractivity contribution < 1.29 is 14.6 Å². The molecule has 0 aliphatic carbocycles. The molecule has 0 aromatic carbocycles. The van der Waals surface area contributed by atoms with E-state index in [0.717, 1.165) is 6.42 Å². The molecule has 0 amide bonds. The van der Waals surface area contributed by atoms with E-state index in [0.29, 0.717) is 11.5 Å². The van der Waals surface area contributed by atoms with E-state index < -0.39 is 14.4 Å². The van der Waals surface area contributed by atoms with E-state index >= 15 is 0 Å². The third-order valence-corrected chi connectivity index (χ3v) is 10.3. The molecule has 0 aromatic rings. The quantitative estimate of drug-likeness (QED) is 0.461. The summed E-state index contributed by atoms with van der Waals surface area (Å²) in [6.45, 7) is 19.4. The van der Waals surface area contributed by atoms with Gasteiger partial charge in [-0.05, 0) is 24.1 Å². The van der Waals surface area contributed by atoms with Crippen LogP contribution in [-0.2, 0) is 4.43 Å². The summed E-state index contributed by atoms with van der Waals surface area (Å²) in [6, 6.07) is 0. The molecule has 0 saturated carbocycles. The molecule has 5 atom stereocenters. The maximum Gasteiger partial charge on any atom is 0.192 e. The summed E-state index contributed by atoms with van der Waals surface area (Å²) < 4.78 is 6.71. The van der Waals surface area contributed by atoms with Crippen molar-refractivity contribution in [1.82, 2.24) is 0 Å². The Hall–Kier alpha value is -0.603. The lowest BCUT2D eigenvalue weighted by Crippen LogP contribution is -2.49. The minimum absolute atomic E-state index is 0.000143. The highest BCUT2D eigenvalue weighted by molar-refractivity contribution is 6.74. The van der Waals surface area contributed by atoms with Crippen LogP contribution >= 0.6 is 0 Å². The molecule has 25 heavy (non-hydrogen) atoms. The first-order chi connectivity index (χ1) is 11.3. The smallest absolute Gasteiger partial charge is 0.192 e. The molecule has 0 radical (unpaired) electrons. The summed E-state index contributed by atoms with van der Waals surface area (Å²) in [7, 11) is -1.94. The highest BCUT2D eigenvalue weighted by atomic mass is 28.4. The van der Waals surface area contributed by atoms with Gasteiger partial charge in [0.1, 0.15) is 0 Å². The van der Waals surface area contributed by atoms with Crippen LogP contribution in [0.25, 0.3) is 0 Å². The molecule has 0 saturated heterocycles. The van der Waals surface area contributed by atoms with E-state index in [2.05, 4.69) is 60.6 Å². The summed E-state index contributed by atoms with van der Waals surface area (Å²) in [6.07, 6.45) is 7.62. The number of rotatable bonds is 9. The zero-order valence-corrected chi connectivity index (χ0v) is 18.8. The highest BCUT2D eigenvalue weighted by Gasteiger charge is 2.42. The molecule has 0 heterocycles. The summed E-state index contributed by atoms with van der Waals surface area (Å²) in [5.74, 6) is 2.68. The molecule has 146 valence electrons. The maximum absolute atomic E-state index is 10.9. The number of terminal acetylenes is 1. The molecular formula is C21H40O3Si. The van der Waals surface area contributed by atoms with E-state index in [-0.39, 0.29) is 29.6 Å². The van der Waals surface area contributed by atoms with Gasteiger partial charge in [-0.15, -0.1) is 6.42 Å².